The number of phenols is 1. The van der Waals surface area contributed by atoms with Gasteiger partial charge in [-0.2, -0.15) is 0 Å². The normalized spacial score (nSPS) is 10.2. The number of hydrogen-bond donors (Lipinski definition) is 2. The lowest BCUT2D eigenvalue weighted by Gasteiger charge is -2.04. The molecule has 0 heterocycles. The minimum atomic E-state index is 0.245. The van der Waals surface area contributed by atoms with E-state index < -0.39 is 0 Å². The second-order valence-electron chi connectivity index (χ2n) is 2.44. The summed E-state index contributed by atoms with van der Waals surface area (Å²) in [6.45, 7) is 0.789. The molecule has 0 amide bonds. The molecule has 0 fully saturated rings. The van der Waals surface area contributed by atoms with Crippen LogP contribution in [0, 0.1) is 0 Å². The molecule has 0 radical (unpaired) electrons. The van der Waals surface area contributed by atoms with Gasteiger partial charge in [0, 0.05) is 6.54 Å². The Morgan fingerprint density at radius 2 is 1.83 bits per heavy atom. The number of benzene rings is 1. The molecule has 0 saturated carbocycles. The number of rotatable bonds is 2. The second-order valence-corrected chi connectivity index (χ2v) is 4.15. The van der Waals surface area contributed by atoms with Gasteiger partial charge in [-0.1, -0.05) is 0 Å². The van der Waals surface area contributed by atoms with E-state index >= 15 is 0 Å². The molecule has 1 rings (SSSR count). The highest BCUT2D eigenvalue weighted by Gasteiger charge is 2.04. The van der Waals surface area contributed by atoms with Gasteiger partial charge in [0.15, 0.2) is 0 Å². The first kappa shape index (κ1) is 10.0. The fourth-order valence-electron chi connectivity index (χ4n) is 0.924. The van der Waals surface area contributed by atoms with Crippen LogP contribution in [0.4, 0.5) is 0 Å². The van der Waals surface area contributed by atoms with Gasteiger partial charge in [0.2, 0.25) is 0 Å². The highest BCUT2D eigenvalue weighted by Crippen LogP contribution is 2.33. The summed E-state index contributed by atoms with van der Waals surface area (Å²) in [6.07, 6.45) is 0. The van der Waals surface area contributed by atoms with Gasteiger partial charge in [0.1, 0.15) is 5.75 Å². The molecule has 2 N–H and O–H groups in total. The van der Waals surface area contributed by atoms with Crippen molar-refractivity contribution < 1.29 is 5.11 Å². The van der Waals surface area contributed by atoms with Crippen LogP contribution in [-0.4, -0.2) is 12.2 Å². The molecule has 1 aromatic rings. The van der Waals surface area contributed by atoms with Crippen molar-refractivity contribution in [2.24, 2.45) is 0 Å². The molecule has 2 nitrogen and oxygen atoms in total. The van der Waals surface area contributed by atoms with Gasteiger partial charge in [0.05, 0.1) is 8.95 Å². The lowest BCUT2D eigenvalue weighted by molar-refractivity contribution is 0.468. The maximum absolute atomic E-state index is 9.38. The standard InChI is InChI=1S/C8H9Br2NO/c1-11-4-5-2-6(9)8(12)7(10)3-5/h2-3,11-12H,4H2,1H3. The quantitative estimate of drug-likeness (QED) is 0.879. The molecule has 0 atom stereocenters. The molecule has 4 heteroatoms. The SMILES string of the molecule is CNCc1cc(Br)c(O)c(Br)c1. The van der Waals surface area contributed by atoms with Crippen LogP contribution >= 0.6 is 31.9 Å². The third kappa shape index (κ3) is 2.21. The molecule has 0 unspecified atom stereocenters. The Labute approximate surface area is 88.2 Å². The van der Waals surface area contributed by atoms with Crippen molar-refractivity contribution in [2.45, 2.75) is 6.54 Å². The van der Waals surface area contributed by atoms with Gasteiger partial charge in [-0.25, -0.2) is 0 Å². The molecule has 0 bridgehead atoms. The van der Waals surface area contributed by atoms with Crippen LogP contribution in [0.1, 0.15) is 5.56 Å². The number of nitrogens with one attached hydrogen (secondary N) is 1. The van der Waals surface area contributed by atoms with Crippen LogP contribution in [-0.2, 0) is 6.54 Å². The summed E-state index contributed by atoms with van der Waals surface area (Å²) in [5.41, 5.74) is 1.12. The van der Waals surface area contributed by atoms with Crippen molar-refractivity contribution in [3.8, 4) is 5.75 Å². The third-order valence-electron chi connectivity index (χ3n) is 1.46. The number of halogens is 2. The van der Waals surface area contributed by atoms with Crippen LogP contribution in [0.25, 0.3) is 0 Å². The Morgan fingerprint density at radius 1 is 1.33 bits per heavy atom. The summed E-state index contributed by atoms with van der Waals surface area (Å²) in [7, 11) is 1.88. The van der Waals surface area contributed by atoms with Crippen molar-refractivity contribution >= 4 is 31.9 Å². The zero-order chi connectivity index (χ0) is 9.14. The minimum Gasteiger partial charge on any atom is -0.506 e. The lowest BCUT2D eigenvalue weighted by Crippen LogP contribution is -2.04. The predicted octanol–water partition coefficient (Wildman–Crippen LogP) is 2.64. The monoisotopic (exact) mass is 293 g/mol. The highest BCUT2D eigenvalue weighted by atomic mass is 79.9. The maximum Gasteiger partial charge on any atom is 0.143 e. The summed E-state index contributed by atoms with van der Waals surface area (Å²) >= 11 is 6.52. The molecule has 1 aromatic carbocycles. The first-order chi connectivity index (χ1) is 5.65. The van der Waals surface area contributed by atoms with Crippen LogP contribution in [0.3, 0.4) is 0 Å². The Bertz CT molecular complexity index is 265. The van der Waals surface area contributed by atoms with Crippen molar-refractivity contribution in [3.05, 3.63) is 26.6 Å². The van der Waals surface area contributed by atoms with E-state index in [9.17, 15) is 5.11 Å². The molecular formula is C8H9Br2NO. The van der Waals surface area contributed by atoms with E-state index in [1.807, 2.05) is 19.2 Å². The summed E-state index contributed by atoms with van der Waals surface area (Å²) in [6, 6.07) is 3.77. The van der Waals surface area contributed by atoms with E-state index in [0.29, 0.717) is 8.95 Å². The zero-order valence-corrected chi connectivity index (χ0v) is 9.74. The predicted molar refractivity (Wildman–Crippen MR) is 56.3 cm³/mol. The van der Waals surface area contributed by atoms with E-state index in [4.69, 9.17) is 0 Å². The Kier molecular flexibility index (Phi) is 3.55. The van der Waals surface area contributed by atoms with Gasteiger partial charge in [-0.05, 0) is 56.6 Å². The van der Waals surface area contributed by atoms with E-state index in [1.165, 1.54) is 0 Å². The minimum absolute atomic E-state index is 0.245. The fourth-order valence-corrected chi connectivity index (χ4v) is 2.21. The van der Waals surface area contributed by atoms with Crippen molar-refractivity contribution in [2.75, 3.05) is 7.05 Å². The molecule has 12 heavy (non-hydrogen) atoms. The van der Waals surface area contributed by atoms with Crippen LogP contribution < -0.4 is 5.32 Å². The molecule has 0 aromatic heterocycles. The summed E-state index contributed by atoms with van der Waals surface area (Å²) in [5.74, 6) is 0.245. The van der Waals surface area contributed by atoms with Crippen LogP contribution in [0.5, 0.6) is 5.75 Å². The van der Waals surface area contributed by atoms with Crippen molar-refractivity contribution in [1.82, 2.24) is 5.32 Å². The molecule has 0 spiro atoms. The lowest BCUT2D eigenvalue weighted by atomic mass is 10.2. The second kappa shape index (κ2) is 4.25. The van der Waals surface area contributed by atoms with Gasteiger partial charge in [-0.15, -0.1) is 0 Å². The van der Waals surface area contributed by atoms with Crippen LogP contribution in [0.15, 0.2) is 21.1 Å². The van der Waals surface area contributed by atoms with Crippen molar-refractivity contribution in [1.29, 1.82) is 0 Å². The first-order valence-corrected chi connectivity index (χ1v) is 5.05. The highest BCUT2D eigenvalue weighted by molar-refractivity contribution is 9.11. The molecule has 0 aliphatic heterocycles. The topological polar surface area (TPSA) is 32.3 Å². The fraction of sp³-hybridized carbons (Fsp3) is 0.250. The van der Waals surface area contributed by atoms with Gasteiger partial charge in [0.25, 0.3) is 0 Å². The average Bonchev–Trinajstić information content (AvgIpc) is 2.01. The number of hydrogen-bond acceptors (Lipinski definition) is 2. The first-order valence-electron chi connectivity index (χ1n) is 3.46. The molecule has 66 valence electrons. The van der Waals surface area contributed by atoms with Gasteiger partial charge in [-0.3, -0.25) is 0 Å². The summed E-state index contributed by atoms with van der Waals surface area (Å²) in [4.78, 5) is 0. The number of aromatic hydroxyl groups is 1. The molecule has 0 aliphatic carbocycles. The van der Waals surface area contributed by atoms with Gasteiger partial charge < -0.3 is 10.4 Å². The molecule has 0 saturated heterocycles. The van der Waals surface area contributed by atoms with Gasteiger partial charge >= 0.3 is 0 Å². The molecular weight excluding hydrogens is 286 g/mol. The summed E-state index contributed by atoms with van der Waals surface area (Å²) < 4.78 is 1.42. The third-order valence-corrected chi connectivity index (χ3v) is 2.67. The van der Waals surface area contributed by atoms with Crippen molar-refractivity contribution in [3.63, 3.8) is 0 Å². The molecule has 0 aliphatic rings. The smallest absolute Gasteiger partial charge is 0.143 e. The van der Waals surface area contributed by atoms with Crippen LogP contribution in [0.2, 0.25) is 0 Å². The van der Waals surface area contributed by atoms with E-state index in [0.717, 1.165) is 12.1 Å². The Hall–Kier alpha value is -0.0600. The largest absolute Gasteiger partial charge is 0.506 e. The maximum atomic E-state index is 9.38. The average molecular weight is 295 g/mol. The summed E-state index contributed by atoms with van der Waals surface area (Å²) in [5, 5.41) is 12.4. The van der Waals surface area contributed by atoms with E-state index in [-0.39, 0.29) is 5.75 Å². The van der Waals surface area contributed by atoms with E-state index in [2.05, 4.69) is 37.2 Å². The van der Waals surface area contributed by atoms with E-state index in [1.54, 1.807) is 0 Å². The zero-order valence-electron chi connectivity index (χ0n) is 6.56. The Balaban J connectivity index is 3.04. The number of phenolic OH excluding ortho intramolecular Hbond substituents is 1. The Morgan fingerprint density at radius 3 is 2.25 bits per heavy atom.